The third-order valence-corrected chi connectivity index (χ3v) is 2.92. The van der Waals surface area contributed by atoms with Gasteiger partial charge in [-0.15, -0.1) is 0 Å². The molecule has 0 saturated heterocycles. The highest BCUT2D eigenvalue weighted by atomic mass is 16.5. The minimum atomic E-state index is 0.665. The van der Waals surface area contributed by atoms with E-state index in [4.69, 9.17) is 9.73 Å². The number of nitrogens with zero attached hydrogens (tertiary/aromatic N) is 3. The monoisotopic (exact) mass is 277 g/mol. The van der Waals surface area contributed by atoms with Crippen molar-refractivity contribution in [2.24, 2.45) is 4.99 Å². The second-order valence-corrected chi connectivity index (χ2v) is 5.23. The average Bonchev–Trinajstić information content (AvgIpc) is 2.40. The highest BCUT2D eigenvalue weighted by molar-refractivity contribution is 5.79. The topological polar surface area (TPSA) is 28.1 Å². The minimum absolute atomic E-state index is 0.665. The maximum Gasteiger partial charge on any atom is 0.195 e. The van der Waals surface area contributed by atoms with Gasteiger partial charge in [-0.2, -0.15) is 0 Å². The first-order chi connectivity index (χ1) is 9.56. The van der Waals surface area contributed by atoms with E-state index >= 15 is 0 Å². The van der Waals surface area contributed by atoms with E-state index in [2.05, 4.69) is 31.2 Å². The van der Waals surface area contributed by atoms with Crippen molar-refractivity contribution in [3.05, 3.63) is 35.4 Å². The lowest BCUT2D eigenvalue weighted by Gasteiger charge is -2.22. The molecule has 0 bridgehead atoms. The Morgan fingerprint density at radius 2 is 1.65 bits per heavy atom. The Kier molecular flexibility index (Phi) is 7.09. The van der Waals surface area contributed by atoms with Crippen molar-refractivity contribution in [2.45, 2.75) is 26.5 Å². The Morgan fingerprint density at radius 1 is 1.05 bits per heavy atom. The van der Waals surface area contributed by atoms with Gasteiger partial charge in [-0.1, -0.05) is 31.2 Å². The Hall–Kier alpha value is -1.55. The van der Waals surface area contributed by atoms with E-state index in [1.54, 1.807) is 0 Å². The fourth-order valence-electron chi connectivity index (χ4n) is 2.02. The van der Waals surface area contributed by atoms with Crippen molar-refractivity contribution in [3.8, 4) is 0 Å². The molecule has 0 aliphatic rings. The minimum Gasteiger partial charge on any atom is -0.377 e. The van der Waals surface area contributed by atoms with Gasteiger partial charge >= 0.3 is 0 Å². The van der Waals surface area contributed by atoms with E-state index in [9.17, 15) is 0 Å². The zero-order valence-corrected chi connectivity index (χ0v) is 13.4. The van der Waals surface area contributed by atoms with Crippen LogP contribution in [0.5, 0.6) is 0 Å². The van der Waals surface area contributed by atoms with Crippen LogP contribution in [0.4, 0.5) is 0 Å². The second-order valence-electron chi connectivity index (χ2n) is 5.23. The van der Waals surface area contributed by atoms with Crippen molar-refractivity contribution in [3.63, 3.8) is 0 Å². The largest absolute Gasteiger partial charge is 0.377 e. The van der Waals surface area contributed by atoms with Gasteiger partial charge in [-0.3, -0.25) is 0 Å². The summed E-state index contributed by atoms with van der Waals surface area (Å²) < 4.78 is 5.64. The molecule has 0 fully saturated rings. The summed E-state index contributed by atoms with van der Waals surface area (Å²) in [6, 6.07) is 8.35. The summed E-state index contributed by atoms with van der Waals surface area (Å²) in [4.78, 5) is 8.74. The first-order valence-corrected chi connectivity index (χ1v) is 7.09. The zero-order valence-electron chi connectivity index (χ0n) is 13.4. The van der Waals surface area contributed by atoms with Crippen molar-refractivity contribution in [2.75, 3.05) is 34.8 Å². The zero-order chi connectivity index (χ0) is 15.0. The molecule has 20 heavy (non-hydrogen) atoms. The lowest BCUT2D eigenvalue weighted by molar-refractivity contribution is 0.121. The number of hydrogen-bond donors (Lipinski definition) is 0. The maximum absolute atomic E-state index is 5.64. The van der Waals surface area contributed by atoms with Crippen LogP contribution in [-0.4, -0.2) is 50.6 Å². The van der Waals surface area contributed by atoms with Crippen LogP contribution in [0.3, 0.4) is 0 Å². The van der Waals surface area contributed by atoms with Gasteiger partial charge in [0, 0.05) is 34.8 Å². The Bertz CT molecular complexity index is 417. The molecular formula is C16H27N3O. The first-order valence-electron chi connectivity index (χ1n) is 7.09. The number of aliphatic imine (C=N–C) groups is 1. The van der Waals surface area contributed by atoms with Crippen molar-refractivity contribution >= 4 is 5.96 Å². The quantitative estimate of drug-likeness (QED) is 0.454. The highest BCUT2D eigenvalue weighted by Gasteiger charge is 2.06. The standard InChI is InChI=1S/C16H27N3O/c1-6-11-20-13-15-10-8-7-9-14(15)12-17-16(18(2)3)19(4)5/h7-10H,6,11-13H2,1-5H3. The third-order valence-electron chi connectivity index (χ3n) is 2.92. The molecule has 0 atom stereocenters. The van der Waals surface area contributed by atoms with E-state index in [0.717, 1.165) is 19.0 Å². The predicted octanol–water partition coefficient (Wildman–Crippen LogP) is 2.59. The van der Waals surface area contributed by atoms with Crippen LogP contribution in [-0.2, 0) is 17.9 Å². The van der Waals surface area contributed by atoms with Crippen LogP contribution >= 0.6 is 0 Å². The molecule has 4 nitrogen and oxygen atoms in total. The van der Waals surface area contributed by atoms with Crippen LogP contribution in [0.15, 0.2) is 29.3 Å². The van der Waals surface area contributed by atoms with Gasteiger partial charge in [0.1, 0.15) is 0 Å². The number of rotatable bonds is 6. The number of benzene rings is 1. The summed E-state index contributed by atoms with van der Waals surface area (Å²) >= 11 is 0. The normalized spacial score (nSPS) is 10.2. The molecule has 0 saturated carbocycles. The Labute approximate surface area is 123 Å². The molecule has 0 N–H and O–H groups in total. The van der Waals surface area contributed by atoms with Crippen LogP contribution in [0.1, 0.15) is 24.5 Å². The number of ether oxygens (including phenoxy) is 1. The molecule has 0 aliphatic carbocycles. The van der Waals surface area contributed by atoms with Gasteiger partial charge in [0.05, 0.1) is 13.2 Å². The van der Waals surface area contributed by atoms with Gasteiger partial charge in [0.15, 0.2) is 5.96 Å². The third kappa shape index (κ3) is 5.21. The molecule has 1 aromatic carbocycles. The second kappa shape index (κ2) is 8.59. The van der Waals surface area contributed by atoms with Gasteiger partial charge in [-0.25, -0.2) is 4.99 Å². The van der Waals surface area contributed by atoms with Crippen molar-refractivity contribution < 1.29 is 4.74 Å². The SMILES string of the molecule is CCCOCc1ccccc1CN=C(N(C)C)N(C)C. The van der Waals surface area contributed by atoms with E-state index in [-0.39, 0.29) is 0 Å². The molecule has 112 valence electrons. The molecule has 0 aromatic heterocycles. The van der Waals surface area contributed by atoms with Gasteiger partial charge in [0.25, 0.3) is 0 Å². The van der Waals surface area contributed by atoms with Crippen molar-refractivity contribution in [1.29, 1.82) is 0 Å². The van der Waals surface area contributed by atoms with Crippen LogP contribution in [0.25, 0.3) is 0 Å². The number of guanidine groups is 1. The maximum atomic E-state index is 5.64. The summed E-state index contributed by atoms with van der Waals surface area (Å²) in [6.45, 7) is 4.27. The molecule has 0 spiro atoms. The van der Waals surface area contributed by atoms with Crippen LogP contribution in [0, 0.1) is 0 Å². The molecule has 0 heterocycles. The molecule has 1 aromatic rings. The summed E-state index contributed by atoms with van der Waals surface area (Å²) in [5, 5.41) is 0. The summed E-state index contributed by atoms with van der Waals surface area (Å²) in [6.07, 6.45) is 1.05. The average molecular weight is 277 g/mol. The van der Waals surface area contributed by atoms with Crippen molar-refractivity contribution in [1.82, 2.24) is 9.80 Å². The lowest BCUT2D eigenvalue weighted by Crippen LogP contribution is -2.35. The fraction of sp³-hybridized carbons (Fsp3) is 0.562. The highest BCUT2D eigenvalue weighted by Crippen LogP contribution is 2.12. The van der Waals surface area contributed by atoms with Gasteiger partial charge in [-0.05, 0) is 17.5 Å². The number of hydrogen-bond acceptors (Lipinski definition) is 2. The fourth-order valence-corrected chi connectivity index (χ4v) is 2.02. The van der Waals surface area contributed by atoms with E-state index in [0.29, 0.717) is 13.2 Å². The lowest BCUT2D eigenvalue weighted by atomic mass is 10.1. The molecule has 0 aliphatic heterocycles. The van der Waals surface area contributed by atoms with E-state index in [1.165, 1.54) is 11.1 Å². The Morgan fingerprint density at radius 3 is 2.20 bits per heavy atom. The molecule has 4 heteroatoms. The van der Waals surface area contributed by atoms with Gasteiger partial charge in [0.2, 0.25) is 0 Å². The molecule has 0 unspecified atom stereocenters. The summed E-state index contributed by atoms with van der Waals surface area (Å²) in [5.74, 6) is 0.967. The molecule has 1 rings (SSSR count). The van der Waals surface area contributed by atoms with Gasteiger partial charge < -0.3 is 14.5 Å². The predicted molar refractivity (Wildman–Crippen MR) is 84.9 cm³/mol. The molecular weight excluding hydrogens is 250 g/mol. The molecule has 0 radical (unpaired) electrons. The summed E-state index contributed by atoms with van der Waals surface area (Å²) in [7, 11) is 8.04. The first kappa shape index (κ1) is 16.5. The summed E-state index contributed by atoms with van der Waals surface area (Å²) in [5.41, 5.74) is 2.45. The smallest absolute Gasteiger partial charge is 0.195 e. The van der Waals surface area contributed by atoms with E-state index in [1.807, 2.05) is 38.0 Å². The Balaban J connectivity index is 2.78. The van der Waals surface area contributed by atoms with E-state index < -0.39 is 0 Å². The molecule has 0 amide bonds. The van der Waals surface area contributed by atoms with Crippen LogP contribution in [0.2, 0.25) is 0 Å². The van der Waals surface area contributed by atoms with Crippen LogP contribution < -0.4 is 0 Å².